The standard InChI is InChI=1S/C13H12BrCl2N3O2/c14-8-4-17-13(18-5-8)19-6-9(20)7-21-11-3-1-2-10(15)12(11)16/h1-5,9,20H,6-7H2,(H,17,18,19). The van der Waals surface area contributed by atoms with E-state index in [2.05, 4.69) is 31.2 Å². The number of nitrogens with zero attached hydrogens (tertiary/aromatic N) is 2. The zero-order valence-corrected chi connectivity index (χ0v) is 13.9. The van der Waals surface area contributed by atoms with Crippen molar-refractivity contribution < 1.29 is 9.84 Å². The molecule has 2 aromatic rings. The Bertz CT molecular complexity index is 598. The minimum atomic E-state index is -0.743. The van der Waals surface area contributed by atoms with Gasteiger partial charge >= 0.3 is 0 Å². The Hall–Kier alpha value is -1.08. The smallest absolute Gasteiger partial charge is 0.222 e. The van der Waals surface area contributed by atoms with Crippen molar-refractivity contribution in [3.05, 3.63) is 45.1 Å². The Morgan fingerprint density at radius 2 is 2.00 bits per heavy atom. The predicted molar refractivity (Wildman–Crippen MR) is 86.2 cm³/mol. The third-order valence-electron chi connectivity index (χ3n) is 2.46. The van der Waals surface area contributed by atoms with Crippen LogP contribution in [0.1, 0.15) is 0 Å². The number of benzene rings is 1. The molecule has 1 aromatic carbocycles. The first-order valence-corrected chi connectivity index (χ1v) is 7.57. The van der Waals surface area contributed by atoms with E-state index in [0.29, 0.717) is 21.7 Å². The summed E-state index contributed by atoms with van der Waals surface area (Å²) in [5.74, 6) is 0.862. The Labute approximate surface area is 140 Å². The third kappa shape index (κ3) is 5.00. The molecule has 1 aromatic heterocycles. The molecule has 1 unspecified atom stereocenters. The lowest BCUT2D eigenvalue weighted by Gasteiger charge is -2.14. The number of halogens is 3. The van der Waals surface area contributed by atoms with Crippen molar-refractivity contribution in [2.24, 2.45) is 0 Å². The Morgan fingerprint density at radius 3 is 2.71 bits per heavy atom. The van der Waals surface area contributed by atoms with Gasteiger partial charge in [-0.15, -0.1) is 0 Å². The molecule has 0 spiro atoms. The van der Waals surface area contributed by atoms with E-state index in [1.807, 2.05) is 0 Å². The van der Waals surface area contributed by atoms with E-state index in [9.17, 15) is 5.11 Å². The highest BCUT2D eigenvalue weighted by Crippen LogP contribution is 2.31. The Morgan fingerprint density at radius 1 is 1.29 bits per heavy atom. The van der Waals surface area contributed by atoms with E-state index in [1.54, 1.807) is 30.6 Å². The van der Waals surface area contributed by atoms with Crippen LogP contribution in [-0.2, 0) is 0 Å². The second-order valence-electron chi connectivity index (χ2n) is 4.12. The maximum atomic E-state index is 9.86. The summed E-state index contributed by atoms with van der Waals surface area (Å²) >= 11 is 15.1. The molecular formula is C13H12BrCl2N3O2. The molecule has 0 saturated heterocycles. The minimum Gasteiger partial charge on any atom is -0.489 e. The van der Waals surface area contributed by atoms with Crippen molar-refractivity contribution in [3.63, 3.8) is 0 Å². The van der Waals surface area contributed by atoms with Gasteiger partial charge in [-0.3, -0.25) is 0 Å². The van der Waals surface area contributed by atoms with Gasteiger partial charge in [0, 0.05) is 18.9 Å². The van der Waals surface area contributed by atoms with E-state index in [4.69, 9.17) is 27.9 Å². The fourth-order valence-corrected chi connectivity index (χ4v) is 2.00. The Kier molecular flexibility index (Phi) is 6.05. The first-order valence-electron chi connectivity index (χ1n) is 6.02. The lowest BCUT2D eigenvalue weighted by atomic mass is 10.3. The zero-order chi connectivity index (χ0) is 15.2. The van der Waals surface area contributed by atoms with E-state index in [0.717, 1.165) is 4.47 Å². The summed E-state index contributed by atoms with van der Waals surface area (Å²) in [6, 6.07) is 5.08. The average Bonchev–Trinajstić information content (AvgIpc) is 2.48. The summed E-state index contributed by atoms with van der Waals surface area (Å²) < 4.78 is 6.22. The van der Waals surface area contributed by atoms with Crippen molar-refractivity contribution in [2.75, 3.05) is 18.5 Å². The van der Waals surface area contributed by atoms with E-state index >= 15 is 0 Å². The number of anilines is 1. The van der Waals surface area contributed by atoms with Crippen molar-refractivity contribution in [1.82, 2.24) is 9.97 Å². The van der Waals surface area contributed by atoms with Gasteiger partial charge in [0.15, 0.2) is 0 Å². The number of aromatic nitrogens is 2. The molecule has 1 heterocycles. The van der Waals surface area contributed by atoms with E-state index in [1.165, 1.54) is 0 Å². The molecule has 21 heavy (non-hydrogen) atoms. The molecule has 0 aliphatic heterocycles. The molecule has 1 atom stereocenters. The molecule has 2 rings (SSSR count). The van der Waals surface area contributed by atoms with Gasteiger partial charge in [0.05, 0.1) is 9.50 Å². The quantitative estimate of drug-likeness (QED) is 0.788. The van der Waals surface area contributed by atoms with Crippen LogP contribution >= 0.6 is 39.1 Å². The zero-order valence-electron chi connectivity index (χ0n) is 10.8. The Balaban J connectivity index is 1.80. The summed E-state index contributed by atoms with van der Waals surface area (Å²) in [4.78, 5) is 8.07. The van der Waals surface area contributed by atoms with Gasteiger partial charge in [0.25, 0.3) is 0 Å². The van der Waals surface area contributed by atoms with Gasteiger partial charge in [-0.25, -0.2) is 9.97 Å². The fraction of sp³-hybridized carbons (Fsp3) is 0.231. The average molecular weight is 393 g/mol. The van der Waals surface area contributed by atoms with Crippen LogP contribution in [0.2, 0.25) is 10.0 Å². The summed E-state index contributed by atoms with van der Waals surface area (Å²) in [6.45, 7) is 0.323. The first kappa shape index (κ1) is 16.3. The topological polar surface area (TPSA) is 67.3 Å². The number of rotatable bonds is 6. The van der Waals surface area contributed by atoms with Crippen LogP contribution in [0.5, 0.6) is 5.75 Å². The number of nitrogens with one attached hydrogen (secondary N) is 1. The lowest BCUT2D eigenvalue weighted by Crippen LogP contribution is -2.27. The summed E-state index contributed by atoms with van der Waals surface area (Å²) in [5.41, 5.74) is 0. The molecule has 0 amide bonds. The molecule has 0 fully saturated rings. The maximum absolute atomic E-state index is 9.86. The molecule has 0 bridgehead atoms. The molecule has 0 aliphatic rings. The fourth-order valence-electron chi connectivity index (χ4n) is 1.45. The highest BCUT2D eigenvalue weighted by molar-refractivity contribution is 9.10. The second kappa shape index (κ2) is 7.79. The molecule has 0 aliphatic carbocycles. The van der Waals surface area contributed by atoms with Crippen LogP contribution in [0.25, 0.3) is 0 Å². The number of ether oxygens (including phenoxy) is 1. The van der Waals surface area contributed by atoms with Crippen LogP contribution in [0.4, 0.5) is 5.95 Å². The molecule has 5 nitrogen and oxygen atoms in total. The van der Waals surface area contributed by atoms with E-state index in [-0.39, 0.29) is 13.2 Å². The minimum absolute atomic E-state index is 0.0730. The summed E-state index contributed by atoms with van der Waals surface area (Å²) in [7, 11) is 0. The number of aliphatic hydroxyl groups excluding tert-OH is 1. The SMILES string of the molecule is OC(CNc1ncc(Br)cn1)COc1cccc(Cl)c1Cl. The largest absolute Gasteiger partial charge is 0.489 e. The molecule has 2 N–H and O–H groups in total. The number of hydrogen-bond donors (Lipinski definition) is 2. The second-order valence-corrected chi connectivity index (χ2v) is 5.82. The normalized spacial score (nSPS) is 12.0. The van der Waals surface area contributed by atoms with Gasteiger partial charge in [0.2, 0.25) is 5.95 Å². The van der Waals surface area contributed by atoms with Crippen molar-refractivity contribution in [2.45, 2.75) is 6.10 Å². The molecule has 8 heteroatoms. The monoisotopic (exact) mass is 391 g/mol. The van der Waals surface area contributed by atoms with Gasteiger partial charge < -0.3 is 15.2 Å². The molecule has 112 valence electrons. The van der Waals surface area contributed by atoms with Crippen molar-refractivity contribution in [3.8, 4) is 5.75 Å². The maximum Gasteiger partial charge on any atom is 0.222 e. The van der Waals surface area contributed by atoms with E-state index < -0.39 is 6.10 Å². The highest BCUT2D eigenvalue weighted by atomic mass is 79.9. The van der Waals surface area contributed by atoms with Crippen LogP contribution in [0.3, 0.4) is 0 Å². The van der Waals surface area contributed by atoms with Gasteiger partial charge in [-0.2, -0.15) is 0 Å². The molecule has 0 radical (unpaired) electrons. The van der Waals surface area contributed by atoms with Crippen molar-refractivity contribution >= 4 is 45.1 Å². The predicted octanol–water partition coefficient (Wildman–Crippen LogP) is 3.40. The van der Waals surface area contributed by atoms with Crippen LogP contribution < -0.4 is 10.1 Å². The van der Waals surface area contributed by atoms with Crippen LogP contribution in [0, 0.1) is 0 Å². The van der Waals surface area contributed by atoms with Crippen LogP contribution in [-0.4, -0.2) is 34.3 Å². The van der Waals surface area contributed by atoms with Gasteiger partial charge in [-0.05, 0) is 28.1 Å². The number of aliphatic hydroxyl groups is 1. The highest BCUT2D eigenvalue weighted by Gasteiger charge is 2.09. The summed E-state index contributed by atoms with van der Waals surface area (Å²) in [6.07, 6.45) is 2.49. The van der Waals surface area contributed by atoms with Crippen molar-refractivity contribution in [1.29, 1.82) is 0 Å². The molecule has 0 saturated carbocycles. The third-order valence-corrected chi connectivity index (χ3v) is 3.67. The van der Waals surface area contributed by atoms with Crippen LogP contribution in [0.15, 0.2) is 35.1 Å². The van der Waals surface area contributed by atoms with Gasteiger partial charge in [0.1, 0.15) is 23.5 Å². The van der Waals surface area contributed by atoms with Gasteiger partial charge in [-0.1, -0.05) is 29.3 Å². The molecular weight excluding hydrogens is 381 g/mol. The summed E-state index contributed by atoms with van der Waals surface area (Å²) in [5, 5.41) is 13.5. The number of hydrogen-bond acceptors (Lipinski definition) is 5. The lowest BCUT2D eigenvalue weighted by molar-refractivity contribution is 0.117. The first-order chi connectivity index (χ1) is 10.1.